The summed E-state index contributed by atoms with van der Waals surface area (Å²) in [4.78, 5) is 10.7. The molecule has 0 bridgehead atoms. The number of carboxylic acids is 1. The summed E-state index contributed by atoms with van der Waals surface area (Å²) in [6.45, 7) is 4.54. The van der Waals surface area contributed by atoms with Gasteiger partial charge in [-0.15, -0.1) is 0 Å². The monoisotopic (exact) mass is 256 g/mol. The van der Waals surface area contributed by atoms with Crippen molar-refractivity contribution < 1.29 is 14.6 Å². The molecule has 0 aromatic heterocycles. The third-order valence-corrected chi connectivity index (χ3v) is 3.08. The third-order valence-electron chi connectivity index (χ3n) is 3.08. The van der Waals surface area contributed by atoms with E-state index in [1.165, 1.54) is 11.1 Å². The number of rotatable bonds is 4. The van der Waals surface area contributed by atoms with Crippen molar-refractivity contribution in [3.63, 3.8) is 0 Å². The molecule has 0 saturated heterocycles. The van der Waals surface area contributed by atoms with Crippen molar-refractivity contribution in [1.29, 1.82) is 0 Å². The molecule has 0 heterocycles. The zero-order chi connectivity index (χ0) is 13.8. The van der Waals surface area contributed by atoms with Gasteiger partial charge in [0, 0.05) is 0 Å². The van der Waals surface area contributed by atoms with Gasteiger partial charge in [0.2, 0.25) is 0 Å². The molecule has 3 nitrogen and oxygen atoms in total. The van der Waals surface area contributed by atoms with Crippen LogP contribution in [0.2, 0.25) is 0 Å². The van der Waals surface area contributed by atoms with Crippen molar-refractivity contribution in [2.24, 2.45) is 0 Å². The molecule has 3 heteroatoms. The van der Waals surface area contributed by atoms with Crippen LogP contribution in [-0.2, 0) is 6.61 Å². The van der Waals surface area contributed by atoms with Crippen molar-refractivity contribution in [3.05, 3.63) is 64.7 Å². The Morgan fingerprint density at radius 3 is 2.32 bits per heavy atom. The number of hydrogen-bond acceptors (Lipinski definition) is 2. The van der Waals surface area contributed by atoms with Crippen LogP contribution in [0.5, 0.6) is 5.75 Å². The predicted octanol–water partition coefficient (Wildman–Crippen LogP) is 3.58. The van der Waals surface area contributed by atoms with E-state index in [0.29, 0.717) is 6.61 Å². The number of aryl methyl sites for hydroxylation is 2. The second-order valence-electron chi connectivity index (χ2n) is 4.54. The Kier molecular flexibility index (Phi) is 3.85. The second kappa shape index (κ2) is 5.57. The smallest absolute Gasteiger partial charge is 0.335 e. The Bertz CT molecular complexity index is 585. The van der Waals surface area contributed by atoms with Gasteiger partial charge in [-0.2, -0.15) is 0 Å². The number of carboxylic acid groups (broad SMARTS) is 1. The lowest BCUT2D eigenvalue weighted by atomic mass is 10.1. The van der Waals surface area contributed by atoms with Crippen molar-refractivity contribution in [2.45, 2.75) is 20.5 Å². The molecule has 0 aliphatic rings. The minimum atomic E-state index is -0.915. The van der Waals surface area contributed by atoms with E-state index < -0.39 is 5.97 Å². The maximum Gasteiger partial charge on any atom is 0.335 e. The molecule has 19 heavy (non-hydrogen) atoms. The van der Waals surface area contributed by atoms with Gasteiger partial charge in [0.15, 0.2) is 0 Å². The molecular weight excluding hydrogens is 240 g/mol. The Labute approximate surface area is 112 Å². The molecule has 0 aliphatic heterocycles. The molecule has 0 aliphatic carbocycles. The van der Waals surface area contributed by atoms with Crippen molar-refractivity contribution in [2.75, 3.05) is 0 Å². The van der Waals surface area contributed by atoms with E-state index in [-0.39, 0.29) is 5.56 Å². The molecule has 0 amide bonds. The first-order valence-electron chi connectivity index (χ1n) is 6.08. The number of aromatic carboxylic acids is 1. The van der Waals surface area contributed by atoms with E-state index in [0.717, 1.165) is 11.3 Å². The largest absolute Gasteiger partial charge is 0.489 e. The lowest BCUT2D eigenvalue weighted by Crippen LogP contribution is -1.99. The highest BCUT2D eigenvalue weighted by atomic mass is 16.5. The van der Waals surface area contributed by atoms with Crippen LogP contribution in [-0.4, -0.2) is 11.1 Å². The standard InChI is InChI=1S/C16H16O3/c1-11-3-8-15(9-12(11)2)19-10-13-4-6-14(7-5-13)16(17)18/h3-9H,10H2,1-2H3,(H,17,18). The molecule has 2 aromatic rings. The molecule has 98 valence electrons. The first-order chi connectivity index (χ1) is 9.06. The van der Waals surface area contributed by atoms with Crippen molar-refractivity contribution >= 4 is 5.97 Å². The fraction of sp³-hybridized carbons (Fsp3) is 0.188. The van der Waals surface area contributed by atoms with Crippen LogP contribution < -0.4 is 4.74 Å². The topological polar surface area (TPSA) is 46.5 Å². The van der Waals surface area contributed by atoms with Crippen molar-refractivity contribution in [1.82, 2.24) is 0 Å². The highest BCUT2D eigenvalue weighted by Crippen LogP contribution is 2.18. The van der Waals surface area contributed by atoms with Crippen LogP contribution in [0.1, 0.15) is 27.0 Å². The Hall–Kier alpha value is -2.29. The van der Waals surface area contributed by atoms with Crippen molar-refractivity contribution in [3.8, 4) is 5.75 Å². The lowest BCUT2D eigenvalue weighted by molar-refractivity contribution is 0.0697. The molecule has 0 radical (unpaired) electrons. The van der Waals surface area contributed by atoms with E-state index in [1.807, 2.05) is 25.1 Å². The molecule has 1 N–H and O–H groups in total. The maximum atomic E-state index is 10.7. The van der Waals surface area contributed by atoms with Gasteiger partial charge in [0.25, 0.3) is 0 Å². The van der Waals surface area contributed by atoms with E-state index in [4.69, 9.17) is 9.84 Å². The van der Waals surface area contributed by atoms with Gasteiger partial charge in [-0.05, 0) is 54.8 Å². The summed E-state index contributed by atoms with van der Waals surface area (Å²) in [5, 5.41) is 8.81. The maximum absolute atomic E-state index is 10.7. The minimum Gasteiger partial charge on any atom is -0.489 e. The van der Waals surface area contributed by atoms with Gasteiger partial charge >= 0.3 is 5.97 Å². The molecule has 0 unspecified atom stereocenters. The zero-order valence-corrected chi connectivity index (χ0v) is 11.0. The highest BCUT2D eigenvalue weighted by molar-refractivity contribution is 5.87. The Balaban J connectivity index is 2.01. The molecule has 0 fully saturated rings. The summed E-state index contributed by atoms with van der Waals surface area (Å²) in [5.74, 6) is -0.0907. The van der Waals surface area contributed by atoms with Gasteiger partial charge in [0.1, 0.15) is 12.4 Å². The van der Waals surface area contributed by atoms with Crippen LogP contribution in [0.25, 0.3) is 0 Å². The summed E-state index contributed by atoms with van der Waals surface area (Å²) in [7, 11) is 0. The van der Waals surface area contributed by atoms with E-state index >= 15 is 0 Å². The summed E-state index contributed by atoms with van der Waals surface area (Å²) < 4.78 is 5.68. The summed E-state index contributed by atoms with van der Waals surface area (Å²) in [6, 6.07) is 12.7. The summed E-state index contributed by atoms with van der Waals surface area (Å²) >= 11 is 0. The fourth-order valence-electron chi connectivity index (χ4n) is 1.71. The fourth-order valence-corrected chi connectivity index (χ4v) is 1.71. The second-order valence-corrected chi connectivity index (χ2v) is 4.54. The quantitative estimate of drug-likeness (QED) is 0.909. The molecule has 0 saturated carbocycles. The first kappa shape index (κ1) is 13.1. The van der Waals surface area contributed by atoms with Crippen LogP contribution in [0, 0.1) is 13.8 Å². The third kappa shape index (κ3) is 3.35. The first-order valence-corrected chi connectivity index (χ1v) is 6.08. The minimum absolute atomic E-state index is 0.287. The number of carbonyl (C=O) groups is 1. The number of hydrogen-bond donors (Lipinski definition) is 1. The van der Waals surface area contributed by atoms with Gasteiger partial charge in [0.05, 0.1) is 5.56 Å². The molecule has 2 rings (SSSR count). The van der Waals surface area contributed by atoms with E-state index in [1.54, 1.807) is 24.3 Å². The van der Waals surface area contributed by atoms with Crippen LogP contribution in [0.4, 0.5) is 0 Å². The Morgan fingerprint density at radius 2 is 1.74 bits per heavy atom. The van der Waals surface area contributed by atoms with Crippen LogP contribution in [0.3, 0.4) is 0 Å². The van der Waals surface area contributed by atoms with E-state index in [9.17, 15) is 4.79 Å². The van der Waals surface area contributed by atoms with Crippen LogP contribution in [0.15, 0.2) is 42.5 Å². The summed E-state index contributed by atoms with van der Waals surface area (Å²) in [6.07, 6.45) is 0. The molecule has 0 atom stereocenters. The molecule has 0 spiro atoms. The normalized spacial score (nSPS) is 10.2. The average Bonchev–Trinajstić information content (AvgIpc) is 2.40. The number of ether oxygens (including phenoxy) is 1. The lowest BCUT2D eigenvalue weighted by Gasteiger charge is -2.08. The van der Waals surface area contributed by atoms with E-state index in [2.05, 4.69) is 6.92 Å². The molecular formula is C16H16O3. The van der Waals surface area contributed by atoms with Gasteiger partial charge in [-0.1, -0.05) is 18.2 Å². The average molecular weight is 256 g/mol. The molecule has 2 aromatic carbocycles. The van der Waals surface area contributed by atoms with Gasteiger partial charge in [-0.3, -0.25) is 0 Å². The predicted molar refractivity (Wildman–Crippen MR) is 73.6 cm³/mol. The summed E-state index contributed by atoms with van der Waals surface area (Å²) in [5.41, 5.74) is 3.66. The Morgan fingerprint density at radius 1 is 1.05 bits per heavy atom. The van der Waals surface area contributed by atoms with Crippen LogP contribution >= 0.6 is 0 Å². The van der Waals surface area contributed by atoms with Gasteiger partial charge in [-0.25, -0.2) is 4.79 Å². The van der Waals surface area contributed by atoms with Gasteiger partial charge < -0.3 is 9.84 Å². The number of benzene rings is 2. The zero-order valence-electron chi connectivity index (χ0n) is 11.0. The highest BCUT2D eigenvalue weighted by Gasteiger charge is 2.02. The SMILES string of the molecule is Cc1ccc(OCc2ccc(C(=O)O)cc2)cc1C.